The van der Waals surface area contributed by atoms with Gasteiger partial charge in [-0.25, -0.2) is 4.98 Å². The molecule has 4 nitrogen and oxygen atoms in total. The first-order valence-corrected chi connectivity index (χ1v) is 9.13. The van der Waals surface area contributed by atoms with Gasteiger partial charge in [0.15, 0.2) is 5.13 Å². The van der Waals surface area contributed by atoms with Gasteiger partial charge in [0.1, 0.15) is 0 Å². The number of rotatable bonds is 3. The van der Waals surface area contributed by atoms with Crippen molar-refractivity contribution in [3.8, 4) is 0 Å². The molecule has 0 spiro atoms. The maximum atomic E-state index is 12.5. The Labute approximate surface area is 135 Å². The van der Waals surface area contributed by atoms with Gasteiger partial charge in [0.25, 0.3) is 0 Å². The highest BCUT2D eigenvalue weighted by Crippen LogP contribution is 2.62. The molecule has 4 fully saturated rings. The zero-order valence-corrected chi connectivity index (χ0v) is 14.1. The molecule has 120 valence electrons. The van der Waals surface area contributed by atoms with Gasteiger partial charge in [-0.05, 0) is 69.6 Å². The Balaban J connectivity index is 1.47. The van der Waals surface area contributed by atoms with E-state index in [-0.39, 0.29) is 11.3 Å². The van der Waals surface area contributed by atoms with Gasteiger partial charge >= 0.3 is 0 Å². The summed E-state index contributed by atoms with van der Waals surface area (Å²) >= 11 is 1.54. The molecule has 1 aromatic rings. The molecule has 4 aliphatic rings. The van der Waals surface area contributed by atoms with Crippen molar-refractivity contribution in [1.29, 1.82) is 0 Å². The van der Waals surface area contributed by atoms with Crippen molar-refractivity contribution in [2.45, 2.75) is 64.4 Å². The van der Waals surface area contributed by atoms with Gasteiger partial charge in [-0.2, -0.15) is 0 Å². The van der Waals surface area contributed by atoms with E-state index in [1.165, 1.54) is 6.42 Å². The lowest BCUT2D eigenvalue weighted by atomic mass is 9.47. The molecule has 4 aliphatic carbocycles. The Hall–Kier alpha value is -0.940. The van der Waals surface area contributed by atoms with Crippen LogP contribution in [-0.4, -0.2) is 21.6 Å². The van der Waals surface area contributed by atoms with Crippen LogP contribution in [0.2, 0.25) is 0 Å². The van der Waals surface area contributed by atoms with Crippen molar-refractivity contribution < 1.29 is 9.90 Å². The zero-order chi connectivity index (χ0) is 15.5. The highest BCUT2D eigenvalue weighted by molar-refractivity contribution is 7.15. The van der Waals surface area contributed by atoms with E-state index in [4.69, 9.17) is 0 Å². The Morgan fingerprint density at radius 1 is 1.32 bits per heavy atom. The fraction of sp³-hybridized carbons (Fsp3) is 0.765. The summed E-state index contributed by atoms with van der Waals surface area (Å²) in [6.45, 7) is 3.99. The lowest BCUT2D eigenvalue weighted by Crippen LogP contribution is -2.56. The molecule has 1 aromatic heterocycles. The van der Waals surface area contributed by atoms with Gasteiger partial charge in [0, 0.05) is 11.3 Å². The number of aliphatic hydroxyl groups is 1. The maximum Gasteiger partial charge on any atom is 0.226 e. The molecular weight excluding hydrogens is 296 g/mol. The highest BCUT2D eigenvalue weighted by Gasteiger charge is 2.57. The van der Waals surface area contributed by atoms with Crippen LogP contribution in [0.5, 0.6) is 0 Å². The van der Waals surface area contributed by atoms with Gasteiger partial charge in [-0.15, -0.1) is 11.3 Å². The number of aromatic nitrogens is 1. The summed E-state index contributed by atoms with van der Waals surface area (Å²) in [7, 11) is 0. The maximum absolute atomic E-state index is 12.5. The second-order valence-electron chi connectivity index (χ2n) is 8.07. The zero-order valence-electron chi connectivity index (χ0n) is 13.3. The third-order valence-electron chi connectivity index (χ3n) is 5.96. The van der Waals surface area contributed by atoms with Crippen molar-refractivity contribution in [3.05, 3.63) is 10.6 Å². The number of carbonyl (C=O) groups is 1. The van der Waals surface area contributed by atoms with Crippen LogP contribution < -0.4 is 5.32 Å². The van der Waals surface area contributed by atoms with Crippen LogP contribution in [0, 0.1) is 31.1 Å². The van der Waals surface area contributed by atoms with Gasteiger partial charge in [-0.3, -0.25) is 4.79 Å². The molecular formula is C17H24N2O2S. The molecule has 5 heteroatoms. The van der Waals surface area contributed by atoms with E-state index in [0.29, 0.717) is 23.4 Å². The minimum absolute atomic E-state index is 0.0320. The molecule has 5 rings (SSSR count). The van der Waals surface area contributed by atoms with Crippen LogP contribution in [0.15, 0.2) is 0 Å². The molecule has 2 N–H and O–H groups in total. The molecule has 1 heterocycles. The Morgan fingerprint density at radius 3 is 2.55 bits per heavy atom. The smallest absolute Gasteiger partial charge is 0.226 e. The second kappa shape index (κ2) is 4.78. The van der Waals surface area contributed by atoms with E-state index in [1.807, 2.05) is 13.8 Å². The minimum Gasteiger partial charge on any atom is -0.390 e. The predicted octanol–water partition coefficient (Wildman–Crippen LogP) is 3.42. The summed E-state index contributed by atoms with van der Waals surface area (Å²) < 4.78 is 0. The average molecular weight is 320 g/mol. The summed E-state index contributed by atoms with van der Waals surface area (Å²) in [6, 6.07) is 0. The van der Waals surface area contributed by atoms with Crippen molar-refractivity contribution in [1.82, 2.24) is 4.98 Å². The number of nitrogens with zero attached hydrogens (tertiary/aromatic N) is 1. The van der Waals surface area contributed by atoms with Crippen molar-refractivity contribution in [3.63, 3.8) is 0 Å². The predicted molar refractivity (Wildman–Crippen MR) is 86.9 cm³/mol. The first-order valence-electron chi connectivity index (χ1n) is 8.31. The topological polar surface area (TPSA) is 62.2 Å². The van der Waals surface area contributed by atoms with E-state index in [0.717, 1.165) is 42.7 Å². The van der Waals surface area contributed by atoms with Crippen molar-refractivity contribution in [2.24, 2.45) is 17.3 Å². The Bertz CT molecular complexity index is 591. The van der Waals surface area contributed by atoms with Crippen LogP contribution in [-0.2, 0) is 4.79 Å². The third-order valence-corrected chi connectivity index (χ3v) is 6.95. The minimum atomic E-state index is -0.487. The quantitative estimate of drug-likeness (QED) is 0.897. The standard InChI is InChI=1S/C17H24N2O2S/c1-10-11(2)22-15(18-10)19-14(20)8-16-4-12-3-13(5-16)7-17(21,6-12)9-16/h12-13,21H,3-9H2,1-2H3,(H,18,19,20). The monoisotopic (exact) mass is 320 g/mol. The molecule has 0 aromatic carbocycles. The molecule has 0 saturated heterocycles. The highest BCUT2D eigenvalue weighted by atomic mass is 32.1. The van der Waals surface area contributed by atoms with E-state index in [9.17, 15) is 9.90 Å². The number of thiazole rings is 1. The summed E-state index contributed by atoms with van der Waals surface area (Å²) in [5.74, 6) is 1.33. The normalized spacial score (nSPS) is 39.2. The first kappa shape index (κ1) is 14.6. The van der Waals surface area contributed by atoms with E-state index in [1.54, 1.807) is 11.3 Å². The van der Waals surface area contributed by atoms with Crippen molar-refractivity contribution >= 4 is 22.4 Å². The second-order valence-corrected chi connectivity index (χ2v) is 9.27. The Kier molecular flexibility index (Phi) is 3.18. The van der Waals surface area contributed by atoms with Gasteiger partial charge < -0.3 is 10.4 Å². The number of carbonyl (C=O) groups excluding carboxylic acids is 1. The molecule has 0 radical (unpaired) electrons. The largest absolute Gasteiger partial charge is 0.390 e. The summed E-state index contributed by atoms with van der Waals surface area (Å²) in [4.78, 5) is 18.0. The molecule has 2 atom stereocenters. The molecule has 1 amide bonds. The lowest BCUT2D eigenvalue weighted by Gasteiger charge is -2.60. The summed E-state index contributed by atoms with van der Waals surface area (Å²) in [6.07, 6.45) is 6.77. The van der Waals surface area contributed by atoms with Gasteiger partial charge in [0.05, 0.1) is 11.3 Å². The Morgan fingerprint density at radius 2 is 2.00 bits per heavy atom. The summed E-state index contributed by atoms with van der Waals surface area (Å²) in [5.41, 5.74) is 0.535. The van der Waals surface area contributed by atoms with Crippen LogP contribution in [0.3, 0.4) is 0 Å². The van der Waals surface area contributed by atoms with Crippen LogP contribution in [0.25, 0.3) is 0 Å². The molecule has 22 heavy (non-hydrogen) atoms. The van der Waals surface area contributed by atoms with Crippen LogP contribution in [0.1, 0.15) is 55.5 Å². The average Bonchev–Trinajstić information content (AvgIpc) is 2.63. The number of hydrogen-bond donors (Lipinski definition) is 2. The third kappa shape index (κ3) is 2.48. The SMILES string of the molecule is Cc1nc(NC(=O)CC23CC4CC(CC(O)(C4)C2)C3)sc1C. The van der Waals surface area contributed by atoms with Crippen LogP contribution >= 0.6 is 11.3 Å². The van der Waals surface area contributed by atoms with E-state index < -0.39 is 5.60 Å². The van der Waals surface area contributed by atoms with Gasteiger partial charge in [-0.1, -0.05) is 0 Å². The molecule has 4 saturated carbocycles. The number of aryl methyl sites for hydroxylation is 2. The molecule has 4 bridgehead atoms. The number of anilines is 1. The first-order chi connectivity index (χ1) is 10.3. The number of amides is 1. The van der Waals surface area contributed by atoms with E-state index in [2.05, 4.69) is 10.3 Å². The molecule has 2 unspecified atom stereocenters. The van der Waals surface area contributed by atoms with E-state index >= 15 is 0 Å². The van der Waals surface area contributed by atoms with Gasteiger partial charge in [0.2, 0.25) is 5.91 Å². The number of hydrogen-bond acceptors (Lipinski definition) is 4. The number of nitrogens with one attached hydrogen (secondary N) is 1. The fourth-order valence-electron chi connectivity index (χ4n) is 5.64. The molecule has 0 aliphatic heterocycles. The van der Waals surface area contributed by atoms with Crippen LogP contribution in [0.4, 0.5) is 5.13 Å². The lowest BCUT2D eigenvalue weighted by molar-refractivity contribution is -0.167. The van der Waals surface area contributed by atoms with Crippen molar-refractivity contribution in [2.75, 3.05) is 5.32 Å². The summed E-state index contributed by atoms with van der Waals surface area (Å²) in [5, 5.41) is 14.5. The fourth-order valence-corrected chi connectivity index (χ4v) is 6.47.